The van der Waals surface area contributed by atoms with Crippen molar-refractivity contribution in [1.29, 1.82) is 0 Å². The summed E-state index contributed by atoms with van der Waals surface area (Å²) in [6.45, 7) is 0. The van der Waals surface area contributed by atoms with Crippen LogP contribution in [-0.4, -0.2) is 28.9 Å². The Balaban J connectivity index is 1.04. The average Bonchev–Trinajstić information content (AvgIpc) is 3.86. The molecule has 0 aliphatic rings. The Morgan fingerprint density at radius 1 is 0.310 bits per heavy atom. The zero-order valence-electron chi connectivity index (χ0n) is 31.2. The first kappa shape index (κ1) is 32.3. The monoisotopic (exact) mass is 740 g/mol. The first-order chi connectivity index (χ1) is 28.8. The summed E-state index contributed by atoms with van der Waals surface area (Å²) >= 11 is 0. The molecular weight excluding hydrogens is 709 g/mol. The quantitative estimate of drug-likeness (QED) is 0.165. The fraction of sp³-hybridized carbons (Fsp3) is 0. The van der Waals surface area contributed by atoms with Crippen molar-refractivity contribution in [1.82, 2.24) is 28.9 Å². The molecule has 4 heterocycles. The minimum absolute atomic E-state index is 0.635. The number of imidazole rings is 1. The van der Waals surface area contributed by atoms with Gasteiger partial charge in [0.2, 0.25) is 0 Å². The highest BCUT2D eigenvalue weighted by Gasteiger charge is 2.21. The molecule has 0 saturated heterocycles. The van der Waals surface area contributed by atoms with Crippen molar-refractivity contribution in [3.8, 4) is 51.0 Å². The fourth-order valence-electron chi connectivity index (χ4n) is 8.67. The van der Waals surface area contributed by atoms with Crippen LogP contribution >= 0.6 is 0 Å². The molecule has 58 heavy (non-hydrogen) atoms. The highest BCUT2D eigenvalue weighted by atomic mass is 15.1. The molecule has 0 N–H and O–H groups in total. The van der Waals surface area contributed by atoms with Gasteiger partial charge in [-0.05, 0) is 46.8 Å². The minimum atomic E-state index is 0.635. The Morgan fingerprint density at radius 3 is 1.52 bits per heavy atom. The third-order valence-electron chi connectivity index (χ3n) is 11.3. The van der Waals surface area contributed by atoms with Gasteiger partial charge in [0.05, 0.1) is 27.6 Å². The average molecular weight is 741 g/mol. The van der Waals surface area contributed by atoms with Gasteiger partial charge >= 0.3 is 0 Å². The van der Waals surface area contributed by atoms with E-state index in [0.29, 0.717) is 17.5 Å². The van der Waals surface area contributed by atoms with Crippen LogP contribution in [0.1, 0.15) is 0 Å². The van der Waals surface area contributed by atoms with Crippen molar-refractivity contribution in [2.45, 2.75) is 0 Å². The van der Waals surface area contributed by atoms with Gasteiger partial charge in [0.15, 0.2) is 17.5 Å². The van der Waals surface area contributed by atoms with Crippen LogP contribution in [0, 0.1) is 0 Å². The Labute approximate surface area is 333 Å². The summed E-state index contributed by atoms with van der Waals surface area (Å²) < 4.78 is 4.82. The molecular formula is C52H32N6. The van der Waals surface area contributed by atoms with E-state index in [1.165, 1.54) is 21.5 Å². The van der Waals surface area contributed by atoms with E-state index in [0.717, 1.165) is 72.1 Å². The molecule has 4 aromatic heterocycles. The number of hydrogen-bond donors (Lipinski definition) is 0. The van der Waals surface area contributed by atoms with E-state index in [2.05, 4.69) is 142 Å². The summed E-state index contributed by atoms with van der Waals surface area (Å²) in [6.07, 6.45) is 0. The van der Waals surface area contributed by atoms with Gasteiger partial charge in [0.25, 0.3) is 0 Å². The second kappa shape index (κ2) is 12.8. The van der Waals surface area contributed by atoms with Gasteiger partial charge in [-0.1, -0.05) is 164 Å². The van der Waals surface area contributed by atoms with E-state index in [1.807, 2.05) is 60.7 Å². The van der Waals surface area contributed by atoms with E-state index in [4.69, 9.17) is 19.9 Å². The first-order valence-electron chi connectivity index (χ1n) is 19.5. The normalized spacial score (nSPS) is 11.8. The number of fused-ring (bicyclic) bond motifs is 12. The lowest BCUT2D eigenvalue weighted by atomic mass is 10.0. The molecule has 0 amide bonds. The van der Waals surface area contributed by atoms with Gasteiger partial charge in [-0.3, -0.25) is 4.40 Å². The van der Waals surface area contributed by atoms with E-state index in [-0.39, 0.29) is 0 Å². The Hall–Kier alpha value is -7.96. The highest BCUT2D eigenvalue weighted by molar-refractivity contribution is 6.24. The van der Waals surface area contributed by atoms with E-state index < -0.39 is 0 Å². The molecule has 0 aliphatic heterocycles. The van der Waals surface area contributed by atoms with Gasteiger partial charge in [0, 0.05) is 43.9 Å². The zero-order chi connectivity index (χ0) is 38.2. The van der Waals surface area contributed by atoms with Crippen LogP contribution in [0.5, 0.6) is 0 Å². The smallest absolute Gasteiger partial charge is 0.164 e. The zero-order valence-corrected chi connectivity index (χ0v) is 31.2. The van der Waals surface area contributed by atoms with Crippen molar-refractivity contribution in [3.05, 3.63) is 194 Å². The summed E-state index contributed by atoms with van der Waals surface area (Å²) in [7, 11) is 0. The summed E-state index contributed by atoms with van der Waals surface area (Å²) in [5.74, 6) is 1.93. The molecule has 0 bridgehead atoms. The topological polar surface area (TPSA) is 60.9 Å². The van der Waals surface area contributed by atoms with Crippen molar-refractivity contribution < 1.29 is 0 Å². The molecule has 0 spiro atoms. The van der Waals surface area contributed by atoms with E-state index in [9.17, 15) is 0 Å². The number of rotatable bonds is 5. The van der Waals surface area contributed by atoms with E-state index >= 15 is 0 Å². The number of para-hydroxylation sites is 3. The number of aromatic nitrogens is 6. The van der Waals surface area contributed by atoms with Crippen LogP contribution in [0.25, 0.3) is 111 Å². The second-order valence-electron chi connectivity index (χ2n) is 14.7. The maximum atomic E-state index is 5.22. The standard InChI is InChI=1S/C52H32N6/c1-3-14-34(15-4-1)49-54-50(35-16-5-2-6-17-35)56-51(55-49)36-28-26-33(27-29-36)37-18-13-19-38(32-37)57-45-24-11-9-21-40(45)42-31-30-41-39-20-7-8-22-43(39)52-53-44-23-10-12-25-46(44)58(52)48(41)47(42)57/h1-32H. The summed E-state index contributed by atoms with van der Waals surface area (Å²) in [6, 6.07) is 68.0. The lowest BCUT2D eigenvalue weighted by Crippen LogP contribution is -2.00. The third-order valence-corrected chi connectivity index (χ3v) is 11.3. The van der Waals surface area contributed by atoms with E-state index in [1.54, 1.807) is 0 Å². The molecule has 0 aliphatic carbocycles. The van der Waals surface area contributed by atoms with Crippen LogP contribution in [0.15, 0.2) is 194 Å². The Morgan fingerprint density at radius 2 is 0.828 bits per heavy atom. The van der Waals surface area contributed by atoms with Crippen LogP contribution in [0.4, 0.5) is 0 Å². The predicted octanol–water partition coefficient (Wildman–Crippen LogP) is 12.7. The van der Waals surface area contributed by atoms with Crippen LogP contribution in [-0.2, 0) is 0 Å². The third kappa shape index (κ3) is 4.98. The molecule has 0 unspecified atom stereocenters. The van der Waals surface area contributed by atoms with Crippen molar-refractivity contribution in [2.75, 3.05) is 0 Å². The van der Waals surface area contributed by atoms with Gasteiger partial charge in [-0.25, -0.2) is 19.9 Å². The van der Waals surface area contributed by atoms with Crippen molar-refractivity contribution in [2.24, 2.45) is 0 Å². The molecule has 270 valence electrons. The van der Waals surface area contributed by atoms with Gasteiger partial charge in [-0.2, -0.15) is 0 Å². The molecule has 6 heteroatoms. The molecule has 8 aromatic carbocycles. The van der Waals surface area contributed by atoms with Crippen LogP contribution < -0.4 is 0 Å². The minimum Gasteiger partial charge on any atom is -0.307 e. The summed E-state index contributed by atoms with van der Waals surface area (Å²) in [5, 5.41) is 5.94. The molecule has 0 saturated carbocycles. The molecule has 12 aromatic rings. The molecule has 6 nitrogen and oxygen atoms in total. The highest BCUT2D eigenvalue weighted by Crippen LogP contribution is 2.41. The second-order valence-corrected chi connectivity index (χ2v) is 14.7. The SMILES string of the molecule is c1ccc(-c2nc(-c3ccccc3)nc(-c3ccc(-c4cccc(-n5c6ccccc6c6ccc7c8ccccc8c8nc9ccccc9n8c7c65)c4)cc3)n2)cc1. The maximum Gasteiger partial charge on any atom is 0.164 e. The van der Waals surface area contributed by atoms with Crippen molar-refractivity contribution >= 4 is 60.2 Å². The Bertz CT molecular complexity index is 3490. The molecule has 0 fully saturated rings. The Kier molecular flexibility index (Phi) is 7.13. The van der Waals surface area contributed by atoms with Crippen molar-refractivity contribution in [3.63, 3.8) is 0 Å². The number of benzene rings is 8. The largest absolute Gasteiger partial charge is 0.307 e. The lowest BCUT2D eigenvalue weighted by Gasteiger charge is -2.15. The number of nitrogens with zero attached hydrogens (tertiary/aromatic N) is 6. The van der Waals surface area contributed by atoms with Crippen LogP contribution in [0.2, 0.25) is 0 Å². The molecule has 0 radical (unpaired) electrons. The van der Waals surface area contributed by atoms with Crippen LogP contribution in [0.3, 0.4) is 0 Å². The van der Waals surface area contributed by atoms with Gasteiger partial charge in [-0.15, -0.1) is 0 Å². The summed E-state index contributed by atoms with van der Waals surface area (Å²) in [5.41, 5.74) is 12.6. The summed E-state index contributed by atoms with van der Waals surface area (Å²) in [4.78, 5) is 20.0. The first-order valence-corrected chi connectivity index (χ1v) is 19.5. The van der Waals surface area contributed by atoms with Gasteiger partial charge < -0.3 is 4.57 Å². The number of pyridine rings is 1. The fourth-order valence-corrected chi connectivity index (χ4v) is 8.67. The molecule has 12 rings (SSSR count). The molecule has 0 atom stereocenters. The lowest BCUT2D eigenvalue weighted by molar-refractivity contribution is 1.07. The predicted molar refractivity (Wildman–Crippen MR) is 237 cm³/mol. The van der Waals surface area contributed by atoms with Gasteiger partial charge in [0.1, 0.15) is 5.65 Å². The maximum absolute atomic E-state index is 5.22. The number of hydrogen-bond acceptors (Lipinski definition) is 4.